The number of rotatable bonds is 7. The van der Waals surface area contributed by atoms with Gasteiger partial charge >= 0.3 is 5.97 Å². The highest BCUT2D eigenvalue weighted by atomic mass is 16.7. The van der Waals surface area contributed by atoms with Crippen molar-refractivity contribution in [2.75, 3.05) is 13.7 Å². The molecule has 1 aliphatic heterocycles. The van der Waals surface area contributed by atoms with Gasteiger partial charge in [0, 0.05) is 12.5 Å². The molecule has 0 spiro atoms. The standard InChI is InChI=1S/C16H22O9/c1-23-9-4-2-8(3-5-12(18)19)10(6-9)24-16-15(22)14(21)13(20)11(7-17)25-16/h2,4,6,11,13-17,20-22H,3,5,7H2,1H3,(H,18,19)/t11-,13-,14+,15-,16?/m1/s1. The second kappa shape index (κ2) is 8.45. The third kappa shape index (κ3) is 4.59. The van der Waals surface area contributed by atoms with Gasteiger partial charge in [-0.05, 0) is 18.1 Å². The molecule has 0 radical (unpaired) electrons. The van der Waals surface area contributed by atoms with Crippen molar-refractivity contribution in [2.45, 2.75) is 43.5 Å². The Morgan fingerprint density at radius 2 is 1.92 bits per heavy atom. The molecule has 140 valence electrons. The molecule has 1 aromatic rings. The molecule has 0 saturated carbocycles. The first-order valence-electron chi connectivity index (χ1n) is 7.73. The fraction of sp³-hybridized carbons (Fsp3) is 0.562. The lowest BCUT2D eigenvalue weighted by atomic mass is 9.99. The first-order valence-corrected chi connectivity index (χ1v) is 7.73. The van der Waals surface area contributed by atoms with E-state index < -0.39 is 43.3 Å². The van der Waals surface area contributed by atoms with E-state index in [4.69, 9.17) is 19.3 Å². The number of carboxylic acid groups (broad SMARTS) is 1. The van der Waals surface area contributed by atoms with Gasteiger partial charge in [0.05, 0.1) is 13.7 Å². The van der Waals surface area contributed by atoms with E-state index in [2.05, 4.69) is 0 Å². The predicted molar refractivity (Wildman–Crippen MR) is 83.3 cm³/mol. The number of aliphatic hydroxyl groups is 4. The Morgan fingerprint density at radius 3 is 2.52 bits per heavy atom. The monoisotopic (exact) mass is 358 g/mol. The minimum absolute atomic E-state index is 0.128. The first kappa shape index (κ1) is 19.4. The summed E-state index contributed by atoms with van der Waals surface area (Å²) in [4.78, 5) is 10.8. The van der Waals surface area contributed by atoms with Crippen LogP contribution in [0.4, 0.5) is 0 Å². The molecule has 0 aromatic heterocycles. The lowest BCUT2D eigenvalue weighted by Crippen LogP contribution is -2.60. The summed E-state index contributed by atoms with van der Waals surface area (Å²) in [5, 5.41) is 47.7. The van der Waals surface area contributed by atoms with E-state index in [9.17, 15) is 25.2 Å². The Balaban J connectivity index is 2.22. The minimum atomic E-state index is -1.57. The van der Waals surface area contributed by atoms with Crippen molar-refractivity contribution in [1.82, 2.24) is 0 Å². The number of aliphatic hydroxyl groups excluding tert-OH is 4. The molecule has 1 heterocycles. The van der Waals surface area contributed by atoms with E-state index in [1.807, 2.05) is 0 Å². The van der Waals surface area contributed by atoms with Gasteiger partial charge in [-0.3, -0.25) is 4.79 Å². The van der Waals surface area contributed by atoms with Gasteiger partial charge in [-0.15, -0.1) is 0 Å². The lowest BCUT2D eigenvalue weighted by molar-refractivity contribution is -0.277. The third-order valence-corrected chi connectivity index (χ3v) is 3.97. The quantitative estimate of drug-likeness (QED) is 0.409. The number of aliphatic carboxylic acids is 1. The molecule has 1 aliphatic rings. The summed E-state index contributed by atoms with van der Waals surface area (Å²) in [6, 6.07) is 4.76. The maximum Gasteiger partial charge on any atom is 0.303 e. The first-order chi connectivity index (χ1) is 11.9. The average Bonchev–Trinajstić information content (AvgIpc) is 2.60. The SMILES string of the molecule is COc1ccc(CCC(=O)O)c(OC2O[C@H](CO)[C@@H](O)[C@H](O)[C@H]2O)c1. The Kier molecular flexibility index (Phi) is 6.57. The van der Waals surface area contributed by atoms with Gasteiger partial charge in [-0.25, -0.2) is 0 Å². The molecule has 5 atom stereocenters. The number of carbonyl (C=O) groups is 1. The van der Waals surface area contributed by atoms with Crippen LogP contribution in [0, 0.1) is 0 Å². The molecule has 1 aromatic carbocycles. The molecular formula is C16H22O9. The Morgan fingerprint density at radius 1 is 1.20 bits per heavy atom. The van der Waals surface area contributed by atoms with Crippen molar-refractivity contribution >= 4 is 5.97 Å². The molecule has 2 rings (SSSR count). The van der Waals surface area contributed by atoms with Gasteiger partial charge in [0.2, 0.25) is 6.29 Å². The maximum atomic E-state index is 10.8. The molecule has 9 heteroatoms. The molecule has 1 unspecified atom stereocenters. The van der Waals surface area contributed by atoms with E-state index in [0.717, 1.165) is 0 Å². The second-order valence-corrected chi connectivity index (χ2v) is 5.68. The Bertz CT molecular complexity index is 589. The zero-order valence-corrected chi connectivity index (χ0v) is 13.6. The molecule has 1 saturated heterocycles. The van der Waals surface area contributed by atoms with Crippen molar-refractivity contribution in [2.24, 2.45) is 0 Å². The summed E-state index contributed by atoms with van der Waals surface area (Å²) in [6.07, 6.45) is -7.02. The van der Waals surface area contributed by atoms with Crippen LogP contribution in [-0.2, 0) is 16.0 Å². The summed E-state index contributed by atoms with van der Waals surface area (Å²) in [5.74, 6) is -0.321. The van der Waals surface area contributed by atoms with Crippen LogP contribution in [0.5, 0.6) is 11.5 Å². The number of methoxy groups -OCH3 is 1. The molecular weight excluding hydrogens is 336 g/mol. The predicted octanol–water partition coefficient (Wildman–Crippen LogP) is -1.11. The molecule has 9 nitrogen and oxygen atoms in total. The van der Waals surface area contributed by atoms with Crippen LogP contribution in [0.25, 0.3) is 0 Å². The van der Waals surface area contributed by atoms with Crippen molar-refractivity contribution in [3.05, 3.63) is 23.8 Å². The number of carboxylic acids is 1. The average molecular weight is 358 g/mol. The number of hydrogen-bond donors (Lipinski definition) is 5. The topological polar surface area (TPSA) is 146 Å². The van der Waals surface area contributed by atoms with Gasteiger partial charge < -0.3 is 39.7 Å². The van der Waals surface area contributed by atoms with Crippen molar-refractivity contribution in [3.63, 3.8) is 0 Å². The fourth-order valence-corrected chi connectivity index (χ4v) is 2.51. The van der Waals surface area contributed by atoms with Gasteiger partial charge in [0.25, 0.3) is 0 Å². The van der Waals surface area contributed by atoms with E-state index in [0.29, 0.717) is 11.3 Å². The highest BCUT2D eigenvalue weighted by molar-refractivity contribution is 5.67. The Labute approximate surface area is 144 Å². The second-order valence-electron chi connectivity index (χ2n) is 5.68. The zero-order valence-electron chi connectivity index (χ0n) is 13.6. The molecule has 25 heavy (non-hydrogen) atoms. The summed E-state index contributed by atoms with van der Waals surface area (Å²) in [6.45, 7) is -0.575. The van der Waals surface area contributed by atoms with Crippen LogP contribution in [0.15, 0.2) is 18.2 Å². The van der Waals surface area contributed by atoms with Crippen molar-refractivity contribution < 1.29 is 44.5 Å². The van der Waals surface area contributed by atoms with E-state index in [1.54, 1.807) is 12.1 Å². The van der Waals surface area contributed by atoms with Gasteiger partial charge in [0.1, 0.15) is 35.9 Å². The fourth-order valence-electron chi connectivity index (χ4n) is 2.51. The van der Waals surface area contributed by atoms with Crippen LogP contribution in [0.3, 0.4) is 0 Å². The zero-order chi connectivity index (χ0) is 18.6. The summed E-state index contributed by atoms with van der Waals surface area (Å²) < 4.78 is 16.0. The largest absolute Gasteiger partial charge is 0.497 e. The van der Waals surface area contributed by atoms with E-state index >= 15 is 0 Å². The number of hydrogen-bond acceptors (Lipinski definition) is 8. The number of benzene rings is 1. The van der Waals surface area contributed by atoms with Gasteiger partial charge in [-0.1, -0.05) is 6.07 Å². The summed E-state index contributed by atoms with van der Waals surface area (Å²) in [5.41, 5.74) is 0.542. The summed E-state index contributed by atoms with van der Waals surface area (Å²) in [7, 11) is 1.45. The van der Waals surface area contributed by atoms with Gasteiger partial charge in [0.15, 0.2) is 0 Å². The van der Waals surface area contributed by atoms with E-state index in [-0.39, 0.29) is 18.6 Å². The van der Waals surface area contributed by atoms with Crippen LogP contribution < -0.4 is 9.47 Å². The number of aryl methyl sites for hydroxylation is 1. The summed E-state index contributed by atoms with van der Waals surface area (Å²) >= 11 is 0. The highest BCUT2D eigenvalue weighted by Crippen LogP contribution is 2.30. The van der Waals surface area contributed by atoms with E-state index in [1.165, 1.54) is 13.2 Å². The smallest absolute Gasteiger partial charge is 0.303 e. The number of ether oxygens (including phenoxy) is 3. The third-order valence-electron chi connectivity index (χ3n) is 3.97. The van der Waals surface area contributed by atoms with Crippen molar-refractivity contribution in [3.8, 4) is 11.5 Å². The normalized spacial score (nSPS) is 29.2. The van der Waals surface area contributed by atoms with Crippen LogP contribution >= 0.6 is 0 Å². The van der Waals surface area contributed by atoms with Crippen LogP contribution in [0.1, 0.15) is 12.0 Å². The minimum Gasteiger partial charge on any atom is -0.497 e. The van der Waals surface area contributed by atoms with Crippen LogP contribution in [0.2, 0.25) is 0 Å². The Hall–Kier alpha value is -1.91. The van der Waals surface area contributed by atoms with Crippen LogP contribution in [-0.4, -0.2) is 75.9 Å². The molecule has 0 amide bonds. The molecule has 0 bridgehead atoms. The maximum absolute atomic E-state index is 10.8. The molecule has 1 fully saturated rings. The lowest BCUT2D eigenvalue weighted by Gasteiger charge is -2.39. The van der Waals surface area contributed by atoms with Gasteiger partial charge in [-0.2, -0.15) is 0 Å². The molecule has 5 N–H and O–H groups in total. The molecule has 0 aliphatic carbocycles. The van der Waals surface area contributed by atoms with Crippen molar-refractivity contribution in [1.29, 1.82) is 0 Å². The highest BCUT2D eigenvalue weighted by Gasteiger charge is 2.44.